The van der Waals surface area contributed by atoms with Gasteiger partial charge in [0.25, 0.3) is 0 Å². The first-order valence-corrected chi connectivity index (χ1v) is 8.05. The molecule has 0 atom stereocenters. The molecule has 0 spiro atoms. The highest BCUT2D eigenvalue weighted by molar-refractivity contribution is 5.16. The minimum atomic E-state index is 0.558. The second-order valence-electron chi connectivity index (χ2n) is 6.02. The zero-order chi connectivity index (χ0) is 14.2. The minimum Gasteiger partial charge on any atom is -0.407 e. The fourth-order valence-corrected chi connectivity index (χ4v) is 2.77. The van der Waals surface area contributed by atoms with Crippen LogP contribution in [0.25, 0.3) is 0 Å². The van der Waals surface area contributed by atoms with Crippen LogP contribution >= 0.6 is 0 Å². The van der Waals surface area contributed by atoms with E-state index in [1.165, 1.54) is 32.1 Å². The second kappa shape index (κ2) is 8.25. The van der Waals surface area contributed by atoms with Gasteiger partial charge in [-0.3, -0.25) is 0 Å². The number of nitrogens with zero attached hydrogens (tertiary/aromatic N) is 2. The molecule has 0 saturated heterocycles. The summed E-state index contributed by atoms with van der Waals surface area (Å²) in [6.45, 7) is 7.07. The van der Waals surface area contributed by atoms with Gasteiger partial charge in [-0.2, -0.15) is 0 Å². The van der Waals surface area contributed by atoms with Crippen LogP contribution < -0.4 is 10.6 Å². The van der Waals surface area contributed by atoms with Gasteiger partial charge in [-0.1, -0.05) is 44.6 Å². The highest BCUT2D eigenvalue weighted by Gasteiger charge is 2.17. The quantitative estimate of drug-likeness (QED) is 0.716. The van der Waals surface area contributed by atoms with Gasteiger partial charge in [0.2, 0.25) is 5.89 Å². The zero-order valence-corrected chi connectivity index (χ0v) is 12.8. The molecule has 20 heavy (non-hydrogen) atoms. The maximum atomic E-state index is 5.54. The molecule has 2 N–H and O–H groups in total. The van der Waals surface area contributed by atoms with Gasteiger partial charge in [0.05, 0.1) is 6.54 Å². The van der Waals surface area contributed by atoms with E-state index in [4.69, 9.17) is 4.42 Å². The Morgan fingerprint density at radius 2 is 1.95 bits per heavy atom. The molecule has 2 rings (SSSR count). The summed E-state index contributed by atoms with van der Waals surface area (Å²) < 4.78 is 5.54. The molecule has 5 nitrogen and oxygen atoms in total. The molecule has 0 unspecified atom stereocenters. The Hall–Kier alpha value is -1.10. The molecule has 0 radical (unpaired) electrons. The van der Waals surface area contributed by atoms with Gasteiger partial charge in [-0.05, 0) is 31.2 Å². The summed E-state index contributed by atoms with van der Waals surface area (Å²) in [5.41, 5.74) is 0. The summed E-state index contributed by atoms with van der Waals surface area (Å²) in [4.78, 5) is 0. The van der Waals surface area contributed by atoms with Crippen LogP contribution in [0.3, 0.4) is 0 Å². The van der Waals surface area contributed by atoms with Crippen LogP contribution in [0.5, 0.6) is 0 Å². The SMILES string of the molecule is CCCNCc1nnc(NCCC2CCC(C)CC2)o1. The van der Waals surface area contributed by atoms with Crippen LogP contribution in [-0.2, 0) is 6.54 Å². The Labute approximate surface area is 121 Å². The molecular formula is C15H28N4O. The van der Waals surface area contributed by atoms with Crippen molar-refractivity contribution in [2.75, 3.05) is 18.4 Å². The Kier molecular flexibility index (Phi) is 6.30. The van der Waals surface area contributed by atoms with E-state index in [0.717, 1.165) is 31.3 Å². The van der Waals surface area contributed by atoms with Crippen molar-refractivity contribution in [3.05, 3.63) is 5.89 Å². The summed E-state index contributed by atoms with van der Waals surface area (Å²) in [6, 6.07) is 0.558. The molecule has 1 aromatic heterocycles. The average Bonchev–Trinajstić information content (AvgIpc) is 2.89. The molecule has 1 heterocycles. The summed E-state index contributed by atoms with van der Waals surface area (Å²) >= 11 is 0. The Morgan fingerprint density at radius 3 is 2.70 bits per heavy atom. The first-order chi connectivity index (χ1) is 9.78. The van der Waals surface area contributed by atoms with E-state index in [9.17, 15) is 0 Å². The van der Waals surface area contributed by atoms with Crippen molar-refractivity contribution in [2.45, 2.75) is 58.9 Å². The lowest BCUT2D eigenvalue weighted by molar-refractivity contribution is 0.281. The molecule has 114 valence electrons. The molecule has 1 aliphatic rings. The van der Waals surface area contributed by atoms with Crippen LogP contribution in [0.15, 0.2) is 4.42 Å². The summed E-state index contributed by atoms with van der Waals surface area (Å²) in [7, 11) is 0. The molecule has 1 saturated carbocycles. The third-order valence-electron chi connectivity index (χ3n) is 4.13. The van der Waals surface area contributed by atoms with E-state index < -0.39 is 0 Å². The molecule has 0 aromatic carbocycles. The molecule has 1 fully saturated rings. The lowest BCUT2D eigenvalue weighted by Gasteiger charge is -2.25. The van der Waals surface area contributed by atoms with Crippen LogP contribution in [0, 0.1) is 11.8 Å². The summed E-state index contributed by atoms with van der Waals surface area (Å²) in [5, 5.41) is 14.5. The number of anilines is 1. The summed E-state index contributed by atoms with van der Waals surface area (Å²) in [5.74, 6) is 2.45. The number of hydrogen-bond acceptors (Lipinski definition) is 5. The predicted octanol–water partition coefficient (Wildman–Crippen LogP) is 3.20. The van der Waals surface area contributed by atoms with E-state index >= 15 is 0 Å². The van der Waals surface area contributed by atoms with E-state index in [2.05, 4.69) is 34.7 Å². The fourth-order valence-electron chi connectivity index (χ4n) is 2.77. The third-order valence-corrected chi connectivity index (χ3v) is 4.13. The standard InChI is InChI=1S/C15H28N4O/c1-3-9-16-11-14-18-19-15(20-14)17-10-8-13-6-4-12(2)5-7-13/h12-13,16H,3-11H2,1-2H3,(H,17,19). The van der Waals surface area contributed by atoms with E-state index in [1.807, 2.05) is 0 Å². The molecule has 0 amide bonds. The van der Waals surface area contributed by atoms with Crippen LogP contribution in [0.4, 0.5) is 6.01 Å². The van der Waals surface area contributed by atoms with Crippen LogP contribution in [0.1, 0.15) is 58.3 Å². The van der Waals surface area contributed by atoms with Gasteiger partial charge >= 0.3 is 6.01 Å². The molecule has 1 aromatic rings. The maximum Gasteiger partial charge on any atom is 0.315 e. The van der Waals surface area contributed by atoms with Gasteiger partial charge < -0.3 is 15.1 Å². The smallest absolute Gasteiger partial charge is 0.315 e. The zero-order valence-electron chi connectivity index (χ0n) is 12.8. The fraction of sp³-hybridized carbons (Fsp3) is 0.867. The maximum absolute atomic E-state index is 5.54. The molecular weight excluding hydrogens is 252 g/mol. The largest absolute Gasteiger partial charge is 0.407 e. The third kappa shape index (κ3) is 5.12. The van der Waals surface area contributed by atoms with Crippen molar-refractivity contribution in [3.8, 4) is 0 Å². The molecule has 1 aliphatic carbocycles. The van der Waals surface area contributed by atoms with Crippen molar-refractivity contribution in [1.29, 1.82) is 0 Å². The predicted molar refractivity (Wildman–Crippen MR) is 80.5 cm³/mol. The average molecular weight is 280 g/mol. The van der Waals surface area contributed by atoms with Crippen molar-refractivity contribution >= 4 is 6.01 Å². The Balaban J connectivity index is 1.61. The topological polar surface area (TPSA) is 63.0 Å². The van der Waals surface area contributed by atoms with Gasteiger partial charge in [0.1, 0.15) is 0 Å². The minimum absolute atomic E-state index is 0.558. The first-order valence-electron chi connectivity index (χ1n) is 8.05. The highest BCUT2D eigenvalue weighted by atomic mass is 16.4. The van der Waals surface area contributed by atoms with Gasteiger partial charge in [-0.15, -0.1) is 5.10 Å². The monoisotopic (exact) mass is 280 g/mol. The van der Waals surface area contributed by atoms with E-state index in [1.54, 1.807) is 0 Å². The van der Waals surface area contributed by atoms with Crippen molar-refractivity contribution in [3.63, 3.8) is 0 Å². The number of hydrogen-bond donors (Lipinski definition) is 2. The molecule has 0 bridgehead atoms. The lowest BCUT2D eigenvalue weighted by atomic mass is 9.81. The van der Waals surface area contributed by atoms with Gasteiger partial charge in [0, 0.05) is 6.54 Å². The first kappa shape index (κ1) is 15.3. The van der Waals surface area contributed by atoms with Crippen molar-refractivity contribution in [2.24, 2.45) is 11.8 Å². The second-order valence-corrected chi connectivity index (χ2v) is 6.02. The highest BCUT2D eigenvalue weighted by Crippen LogP contribution is 2.30. The molecule has 5 heteroatoms. The van der Waals surface area contributed by atoms with E-state index in [0.29, 0.717) is 18.5 Å². The number of rotatable bonds is 8. The number of aromatic nitrogens is 2. The summed E-state index contributed by atoms with van der Waals surface area (Å²) in [6.07, 6.45) is 7.84. The van der Waals surface area contributed by atoms with Crippen molar-refractivity contribution in [1.82, 2.24) is 15.5 Å². The lowest BCUT2D eigenvalue weighted by Crippen LogP contribution is -2.15. The normalized spacial score (nSPS) is 22.9. The Morgan fingerprint density at radius 1 is 1.15 bits per heavy atom. The Bertz CT molecular complexity index is 372. The molecule has 0 aliphatic heterocycles. The van der Waals surface area contributed by atoms with Gasteiger partial charge in [0.15, 0.2) is 0 Å². The van der Waals surface area contributed by atoms with Crippen molar-refractivity contribution < 1.29 is 4.42 Å². The van der Waals surface area contributed by atoms with Crippen LogP contribution in [0.2, 0.25) is 0 Å². The van der Waals surface area contributed by atoms with Gasteiger partial charge in [-0.25, -0.2) is 0 Å². The van der Waals surface area contributed by atoms with E-state index in [-0.39, 0.29) is 0 Å². The number of nitrogens with one attached hydrogen (secondary N) is 2. The van der Waals surface area contributed by atoms with Crippen LogP contribution in [-0.4, -0.2) is 23.3 Å².